The lowest BCUT2D eigenvalue weighted by molar-refractivity contribution is -0.126. The minimum absolute atomic E-state index is 0.0837. The fraction of sp³-hybridized carbons (Fsp3) is 0.400. The molecule has 1 aliphatic heterocycles. The molecule has 1 N–H and O–H groups in total. The van der Waals surface area contributed by atoms with Gasteiger partial charge in [0.1, 0.15) is 0 Å². The molecule has 3 aromatic rings. The Hall–Kier alpha value is -2.34. The van der Waals surface area contributed by atoms with Gasteiger partial charge < -0.3 is 14.8 Å². The van der Waals surface area contributed by atoms with Gasteiger partial charge in [0.15, 0.2) is 0 Å². The highest BCUT2D eigenvalue weighted by atomic mass is 32.1. The highest BCUT2D eigenvalue weighted by Crippen LogP contribution is 2.27. The van der Waals surface area contributed by atoms with E-state index in [9.17, 15) is 4.79 Å². The van der Waals surface area contributed by atoms with Crippen molar-refractivity contribution in [2.75, 3.05) is 18.0 Å². The molecule has 26 heavy (non-hydrogen) atoms. The van der Waals surface area contributed by atoms with Crippen molar-refractivity contribution < 1.29 is 4.79 Å². The Bertz CT molecular complexity index is 894. The maximum Gasteiger partial charge on any atom is 0.223 e. The molecule has 1 unspecified atom stereocenters. The number of nitrogens with zero attached hydrogens (tertiary/aromatic N) is 3. The minimum Gasteiger partial charge on any atom is -0.349 e. The Morgan fingerprint density at radius 2 is 2.00 bits per heavy atom. The summed E-state index contributed by atoms with van der Waals surface area (Å²) in [5, 5.41) is 5.22. The first-order valence-corrected chi connectivity index (χ1v) is 10.0. The van der Waals surface area contributed by atoms with Crippen LogP contribution in [0.1, 0.15) is 30.7 Å². The first-order chi connectivity index (χ1) is 12.6. The number of aromatic nitrogens is 2. The average molecular weight is 369 g/mol. The molecule has 2 aromatic heterocycles. The molecule has 6 heteroatoms. The van der Waals surface area contributed by atoms with Gasteiger partial charge in [-0.25, -0.2) is 4.98 Å². The molecule has 1 aromatic carbocycles. The van der Waals surface area contributed by atoms with Gasteiger partial charge in [-0.05, 0) is 43.3 Å². The number of aryl methyl sites for hydroxylation is 1. The first kappa shape index (κ1) is 17.1. The highest BCUT2D eigenvalue weighted by Gasteiger charge is 2.28. The SMILES string of the molecule is CC(NC(=O)C1CCN(c2nc3ccccc3n2C)CC1)c1cccs1. The van der Waals surface area contributed by atoms with Crippen LogP contribution in [0.15, 0.2) is 41.8 Å². The molecule has 0 aliphatic carbocycles. The Balaban J connectivity index is 1.39. The summed E-state index contributed by atoms with van der Waals surface area (Å²) in [4.78, 5) is 20.9. The molecule has 1 atom stereocenters. The van der Waals surface area contributed by atoms with Crippen molar-refractivity contribution >= 4 is 34.2 Å². The summed E-state index contributed by atoms with van der Waals surface area (Å²) in [6, 6.07) is 12.4. The molecular weight excluding hydrogens is 344 g/mol. The Morgan fingerprint density at radius 1 is 1.23 bits per heavy atom. The van der Waals surface area contributed by atoms with Crippen LogP contribution in [-0.4, -0.2) is 28.5 Å². The van der Waals surface area contributed by atoms with E-state index in [1.165, 1.54) is 4.88 Å². The van der Waals surface area contributed by atoms with Gasteiger partial charge in [0.2, 0.25) is 11.9 Å². The Labute approximate surface area is 157 Å². The normalized spacial score (nSPS) is 16.8. The molecule has 1 amide bonds. The molecule has 0 radical (unpaired) electrons. The number of fused-ring (bicyclic) bond motifs is 1. The molecule has 1 aliphatic rings. The predicted octanol–water partition coefficient (Wildman–Crippen LogP) is 3.73. The smallest absolute Gasteiger partial charge is 0.223 e. The molecule has 4 rings (SSSR count). The quantitative estimate of drug-likeness (QED) is 0.763. The van der Waals surface area contributed by atoms with Crippen LogP contribution >= 0.6 is 11.3 Å². The van der Waals surface area contributed by atoms with Crippen LogP contribution in [0.3, 0.4) is 0 Å². The third-order valence-corrected chi connectivity index (χ3v) is 6.30. The van der Waals surface area contributed by atoms with Gasteiger partial charge in [-0.2, -0.15) is 0 Å². The fourth-order valence-corrected chi connectivity index (χ4v) is 4.43. The summed E-state index contributed by atoms with van der Waals surface area (Å²) < 4.78 is 2.15. The van der Waals surface area contributed by atoms with E-state index in [0.29, 0.717) is 0 Å². The highest BCUT2D eigenvalue weighted by molar-refractivity contribution is 7.10. The summed E-state index contributed by atoms with van der Waals surface area (Å²) in [7, 11) is 2.06. The Kier molecular flexibility index (Phi) is 4.68. The van der Waals surface area contributed by atoms with Crippen LogP contribution in [0.25, 0.3) is 11.0 Å². The summed E-state index contributed by atoms with van der Waals surface area (Å²) >= 11 is 1.69. The van der Waals surface area contributed by atoms with Crippen molar-refractivity contribution in [3.63, 3.8) is 0 Å². The van der Waals surface area contributed by atoms with Gasteiger partial charge in [-0.15, -0.1) is 11.3 Å². The second kappa shape index (κ2) is 7.11. The Morgan fingerprint density at radius 3 is 2.69 bits per heavy atom. The third-order valence-electron chi connectivity index (χ3n) is 5.24. The number of imidazole rings is 1. The molecular formula is C20H24N4OS. The molecule has 0 spiro atoms. The molecule has 136 valence electrons. The molecule has 1 fully saturated rings. The van der Waals surface area contributed by atoms with Crippen molar-refractivity contribution in [2.45, 2.75) is 25.8 Å². The summed E-state index contributed by atoms with van der Waals surface area (Å²) in [5.74, 6) is 1.26. The minimum atomic E-state index is 0.0837. The molecule has 3 heterocycles. The van der Waals surface area contributed by atoms with Gasteiger partial charge >= 0.3 is 0 Å². The zero-order chi connectivity index (χ0) is 18.1. The number of carbonyl (C=O) groups is 1. The van der Waals surface area contributed by atoms with Crippen LogP contribution < -0.4 is 10.2 Å². The fourth-order valence-electron chi connectivity index (χ4n) is 3.70. The average Bonchev–Trinajstić information content (AvgIpc) is 3.31. The second-order valence-corrected chi connectivity index (χ2v) is 7.95. The van der Waals surface area contributed by atoms with Crippen molar-refractivity contribution in [3.05, 3.63) is 46.7 Å². The van der Waals surface area contributed by atoms with Crippen LogP contribution in [0.4, 0.5) is 5.95 Å². The number of para-hydroxylation sites is 2. The monoisotopic (exact) mass is 368 g/mol. The van der Waals surface area contributed by atoms with E-state index in [2.05, 4.69) is 40.9 Å². The molecule has 1 saturated heterocycles. The molecule has 5 nitrogen and oxygen atoms in total. The topological polar surface area (TPSA) is 50.2 Å². The lowest BCUT2D eigenvalue weighted by atomic mass is 9.95. The number of hydrogen-bond donors (Lipinski definition) is 1. The summed E-state index contributed by atoms with van der Waals surface area (Å²) in [5.41, 5.74) is 2.17. The standard InChI is InChI=1S/C20H24N4OS/c1-14(18-8-5-13-26-18)21-19(25)15-9-11-24(12-10-15)20-22-16-6-3-4-7-17(16)23(20)2/h3-8,13-15H,9-12H2,1-2H3,(H,21,25). The van der Waals surface area contributed by atoms with Gasteiger partial charge in [-0.3, -0.25) is 4.79 Å². The van der Waals surface area contributed by atoms with Gasteiger partial charge in [0, 0.05) is 30.9 Å². The number of anilines is 1. The third kappa shape index (κ3) is 3.21. The van der Waals surface area contributed by atoms with Gasteiger partial charge in [-0.1, -0.05) is 18.2 Å². The second-order valence-electron chi connectivity index (χ2n) is 6.97. The van der Waals surface area contributed by atoms with E-state index < -0.39 is 0 Å². The van der Waals surface area contributed by atoms with E-state index in [0.717, 1.165) is 42.9 Å². The number of nitrogens with one attached hydrogen (secondary N) is 1. The molecule has 0 saturated carbocycles. The molecule has 0 bridgehead atoms. The van der Waals surface area contributed by atoms with E-state index in [1.807, 2.05) is 29.6 Å². The lowest BCUT2D eigenvalue weighted by Crippen LogP contribution is -2.41. The van der Waals surface area contributed by atoms with Crippen LogP contribution in [-0.2, 0) is 11.8 Å². The predicted molar refractivity (Wildman–Crippen MR) is 107 cm³/mol. The van der Waals surface area contributed by atoms with Gasteiger partial charge in [0.05, 0.1) is 17.1 Å². The lowest BCUT2D eigenvalue weighted by Gasteiger charge is -2.32. The number of rotatable bonds is 4. The summed E-state index contributed by atoms with van der Waals surface area (Å²) in [6.45, 7) is 3.78. The maximum atomic E-state index is 12.6. The van der Waals surface area contributed by atoms with Crippen molar-refractivity contribution in [1.29, 1.82) is 0 Å². The number of hydrogen-bond acceptors (Lipinski definition) is 4. The number of piperidine rings is 1. The van der Waals surface area contributed by atoms with Crippen molar-refractivity contribution in [3.8, 4) is 0 Å². The van der Waals surface area contributed by atoms with Gasteiger partial charge in [0.25, 0.3) is 0 Å². The van der Waals surface area contributed by atoms with E-state index in [1.54, 1.807) is 11.3 Å². The zero-order valence-electron chi connectivity index (χ0n) is 15.2. The van der Waals surface area contributed by atoms with Crippen LogP contribution in [0, 0.1) is 5.92 Å². The number of carbonyl (C=O) groups excluding carboxylic acids is 1. The van der Waals surface area contributed by atoms with Crippen LogP contribution in [0.2, 0.25) is 0 Å². The first-order valence-electron chi connectivity index (χ1n) is 9.13. The van der Waals surface area contributed by atoms with E-state index in [-0.39, 0.29) is 17.9 Å². The van der Waals surface area contributed by atoms with E-state index >= 15 is 0 Å². The van der Waals surface area contributed by atoms with Crippen molar-refractivity contribution in [2.24, 2.45) is 13.0 Å². The maximum absolute atomic E-state index is 12.6. The van der Waals surface area contributed by atoms with E-state index in [4.69, 9.17) is 4.98 Å². The zero-order valence-corrected chi connectivity index (χ0v) is 16.0. The number of amides is 1. The number of thiophene rings is 1. The largest absolute Gasteiger partial charge is 0.349 e. The number of benzene rings is 1. The summed E-state index contributed by atoms with van der Waals surface area (Å²) in [6.07, 6.45) is 1.73. The van der Waals surface area contributed by atoms with Crippen molar-refractivity contribution in [1.82, 2.24) is 14.9 Å². The van der Waals surface area contributed by atoms with Crippen LogP contribution in [0.5, 0.6) is 0 Å².